The lowest BCUT2D eigenvalue weighted by Gasteiger charge is -2.23. The highest BCUT2D eigenvalue weighted by atomic mass is 16.4. The average molecular weight is 747 g/mol. The van der Waals surface area contributed by atoms with Crippen LogP contribution >= 0.6 is 0 Å². The molecule has 0 saturated carbocycles. The Hall–Kier alpha value is -7.64. The SMILES string of the molecule is Oc1c(O)c(-c2c3ccccc3c(C3=C(c4ccc(-c5ccccc5)cc4)C=CCC3)c3ccccc23)c2c(oc3c(O)c(-c4ccccc4)c(O)c(O)c32)c1O. The molecule has 57 heavy (non-hydrogen) atoms. The van der Waals surface area contributed by atoms with E-state index < -0.39 is 34.5 Å². The Balaban J connectivity index is 1.29. The summed E-state index contributed by atoms with van der Waals surface area (Å²) in [5, 5.41) is 72.4. The zero-order chi connectivity index (χ0) is 38.9. The molecule has 9 aromatic rings. The van der Waals surface area contributed by atoms with Crippen LogP contribution < -0.4 is 0 Å². The van der Waals surface area contributed by atoms with Crippen molar-refractivity contribution in [3.8, 4) is 67.9 Å². The third-order valence-electron chi connectivity index (χ3n) is 11.2. The molecule has 0 fully saturated rings. The number of fused-ring (bicyclic) bond motifs is 5. The summed E-state index contributed by atoms with van der Waals surface area (Å²) in [7, 11) is 0. The molecule has 0 atom stereocenters. The van der Waals surface area contributed by atoms with E-state index >= 15 is 0 Å². The summed E-state index contributed by atoms with van der Waals surface area (Å²) >= 11 is 0. The van der Waals surface area contributed by atoms with Gasteiger partial charge in [0.15, 0.2) is 34.2 Å². The molecule has 0 amide bonds. The summed E-state index contributed by atoms with van der Waals surface area (Å²) in [4.78, 5) is 0. The van der Waals surface area contributed by atoms with Crippen molar-refractivity contribution in [3.05, 3.63) is 157 Å². The van der Waals surface area contributed by atoms with E-state index in [0.29, 0.717) is 11.1 Å². The zero-order valence-electron chi connectivity index (χ0n) is 30.4. The molecule has 1 heterocycles. The topological polar surface area (TPSA) is 135 Å². The molecular formula is C50H34O7. The van der Waals surface area contributed by atoms with Crippen LogP contribution in [0.15, 0.2) is 150 Å². The van der Waals surface area contributed by atoms with Crippen LogP contribution in [-0.4, -0.2) is 30.6 Å². The second kappa shape index (κ2) is 13.0. The van der Waals surface area contributed by atoms with Gasteiger partial charge in [-0.05, 0) is 73.4 Å². The first-order valence-electron chi connectivity index (χ1n) is 18.7. The number of phenols is 6. The standard InChI is InChI=1S/C50H34O7/c51-43-37(30-15-5-2-6-16-30)46(54)50-42(45(43)53)41-40(44(52)47(55)48(56)49(41)57-50)39-35-21-11-9-19-33(35)38(34-20-10-12-22-36(34)39)32-18-8-7-17-31(32)29-25-23-28(24-26-29)27-13-3-1-4-14-27/h1-7,9-17,19-26,51-56H,8,18H2. The van der Waals surface area contributed by atoms with Gasteiger partial charge in [-0.3, -0.25) is 0 Å². The highest BCUT2D eigenvalue weighted by Crippen LogP contribution is 2.60. The van der Waals surface area contributed by atoms with Crippen LogP contribution in [0.1, 0.15) is 24.0 Å². The normalized spacial score (nSPS) is 13.1. The van der Waals surface area contributed by atoms with E-state index in [2.05, 4.69) is 48.6 Å². The third kappa shape index (κ3) is 5.06. The summed E-state index contributed by atoms with van der Waals surface area (Å²) in [6, 6.07) is 43.1. The lowest BCUT2D eigenvalue weighted by Crippen LogP contribution is -1.99. The fourth-order valence-corrected chi connectivity index (χ4v) is 8.66. The minimum atomic E-state index is -0.832. The zero-order valence-corrected chi connectivity index (χ0v) is 30.4. The van der Waals surface area contributed by atoms with Crippen molar-refractivity contribution in [1.29, 1.82) is 0 Å². The lowest BCUT2D eigenvalue weighted by atomic mass is 9.80. The van der Waals surface area contributed by atoms with Gasteiger partial charge in [0, 0.05) is 16.5 Å². The van der Waals surface area contributed by atoms with E-state index in [0.717, 1.165) is 67.8 Å². The molecule has 7 nitrogen and oxygen atoms in total. The average Bonchev–Trinajstić information content (AvgIpc) is 3.67. The smallest absolute Gasteiger partial charge is 0.205 e. The van der Waals surface area contributed by atoms with Crippen molar-refractivity contribution in [2.75, 3.05) is 0 Å². The fourth-order valence-electron chi connectivity index (χ4n) is 8.66. The van der Waals surface area contributed by atoms with Gasteiger partial charge in [0.25, 0.3) is 0 Å². The molecule has 0 aliphatic heterocycles. The van der Waals surface area contributed by atoms with Crippen LogP contribution in [-0.2, 0) is 0 Å². The van der Waals surface area contributed by atoms with Crippen LogP contribution in [0.4, 0.5) is 0 Å². The van der Waals surface area contributed by atoms with E-state index in [-0.39, 0.29) is 33.1 Å². The highest BCUT2D eigenvalue weighted by molar-refractivity contribution is 6.28. The van der Waals surface area contributed by atoms with E-state index in [1.807, 2.05) is 66.7 Å². The number of furan rings is 1. The van der Waals surface area contributed by atoms with Crippen molar-refractivity contribution in [2.24, 2.45) is 0 Å². The molecular weight excluding hydrogens is 713 g/mol. The molecule has 0 radical (unpaired) electrons. The van der Waals surface area contributed by atoms with Gasteiger partial charge in [-0.2, -0.15) is 0 Å². The van der Waals surface area contributed by atoms with Gasteiger partial charge >= 0.3 is 0 Å². The minimum Gasteiger partial charge on any atom is -0.504 e. The van der Waals surface area contributed by atoms with Crippen LogP contribution in [0.25, 0.3) is 88.0 Å². The number of phenolic OH excluding ortho intramolecular Hbond substituents is 6. The Labute approximate surface area is 326 Å². The van der Waals surface area contributed by atoms with E-state index in [1.54, 1.807) is 30.3 Å². The van der Waals surface area contributed by atoms with Crippen molar-refractivity contribution < 1.29 is 35.1 Å². The predicted molar refractivity (Wildman–Crippen MR) is 227 cm³/mol. The lowest BCUT2D eigenvalue weighted by molar-refractivity contribution is 0.368. The monoisotopic (exact) mass is 746 g/mol. The number of benzene rings is 8. The van der Waals surface area contributed by atoms with Crippen molar-refractivity contribution >= 4 is 54.6 Å². The van der Waals surface area contributed by atoms with Gasteiger partial charge in [0.1, 0.15) is 0 Å². The number of rotatable bonds is 5. The van der Waals surface area contributed by atoms with Gasteiger partial charge in [-0.15, -0.1) is 0 Å². The maximum atomic E-state index is 11.9. The quantitative estimate of drug-likeness (QED) is 0.0586. The fraction of sp³-hybridized carbons (Fsp3) is 0.0400. The molecule has 1 aliphatic rings. The summed E-state index contributed by atoms with van der Waals surface area (Å²) < 4.78 is 6.10. The molecule has 0 spiro atoms. The second-order valence-electron chi connectivity index (χ2n) is 14.3. The van der Waals surface area contributed by atoms with Crippen LogP contribution in [0.5, 0.6) is 34.5 Å². The molecule has 1 aliphatic carbocycles. The largest absolute Gasteiger partial charge is 0.504 e. The molecule has 276 valence electrons. The summed E-state index contributed by atoms with van der Waals surface area (Å²) in [6.45, 7) is 0. The summed E-state index contributed by atoms with van der Waals surface area (Å²) in [5.74, 6) is -4.00. The number of aromatic hydroxyl groups is 6. The van der Waals surface area contributed by atoms with E-state index in [9.17, 15) is 30.6 Å². The van der Waals surface area contributed by atoms with Crippen molar-refractivity contribution in [2.45, 2.75) is 12.8 Å². The van der Waals surface area contributed by atoms with E-state index in [1.165, 1.54) is 0 Å². The Morgan fingerprint density at radius 1 is 0.368 bits per heavy atom. The Bertz CT molecular complexity index is 3100. The molecule has 8 aromatic carbocycles. The van der Waals surface area contributed by atoms with Crippen molar-refractivity contribution in [3.63, 3.8) is 0 Å². The van der Waals surface area contributed by atoms with Gasteiger partial charge in [0.05, 0.1) is 10.9 Å². The maximum Gasteiger partial charge on any atom is 0.205 e. The van der Waals surface area contributed by atoms with Crippen LogP contribution in [0.2, 0.25) is 0 Å². The minimum absolute atomic E-state index is 0.00239. The molecule has 6 N–H and O–H groups in total. The second-order valence-corrected chi connectivity index (χ2v) is 14.3. The van der Waals surface area contributed by atoms with Crippen molar-refractivity contribution in [1.82, 2.24) is 0 Å². The first-order valence-corrected chi connectivity index (χ1v) is 18.7. The Morgan fingerprint density at radius 2 is 0.860 bits per heavy atom. The number of hydrogen-bond donors (Lipinski definition) is 6. The van der Waals surface area contributed by atoms with Crippen LogP contribution in [0.3, 0.4) is 0 Å². The maximum absolute atomic E-state index is 11.9. The van der Waals surface area contributed by atoms with Gasteiger partial charge in [-0.25, -0.2) is 0 Å². The van der Waals surface area contributed by atoms with Gasteiger partial charge < -0.3 is 35.1 Å². The van der Waals surface area contributed by atoms with Gasteiger partial charge in [0.2, 0.25) is 11.5 Å². The van der Waals surface area contributed by atoms with Gasteiger partial charge in [-0.1, -0.05) is 146 Å². The van der Waals surface area contributed by atoms with Crippen LogP contribution in [0, 0.1) is 0 Å². The third-order valence-corrected chi connectivity index (χ3v) is 11.2. The Morgan fingerprint density at radius 3 is 1.47 bits per heavy atom. The molecule has 7 heteroatoms. The Kier molecular flexibility index (Phi) is 7.73. The number of hydrogen-bond acceptors (Lipinski definition) is 7. The first-order chi connectivity index (χ1) is 27.8. The molecule has 10 rings (SSSR count). The molecule has 0 saturated heterocycles. The first kappa shape index (κ1) is 33.9. The molecule has 1 aromatic heterocycles. The number of allylic oxidation sites excluding steroid dienone is 4. The molecule has 0 unspecified atom stereocenters. The van der Waals surface area contributed by atoms with E-state index in [4.69, 9.17) is 4.42 Å². The summed E-state index contributed by atoms with van der Waals surface area (Å²) in [5.41, 5.74) is 6.98. The predicted octanol–water partition coefficient (Wildman–Crippen LogP) is 12.4. The molecule has 0 bridgehead atoms. The summed E-state index contributed by atoms with van der Waals surface area (Å²) in [6.07, 6.45) is 6.00. The highest BCUT2D eigenvalue weighted by Gasteiger charge is 2.33.